The minimum absolute atomic E-state index is 0.0342. The van der Waals surface area contributed by atoms with E-state index in [0.717, 1.165) is 33.4 Å². The molecule has 0 aliphatic rings. The topological polar surface area (TPSA) is 202 Å². The summed E-state index contributed by atoms with van der Waals surface area (Å²) in [5.41, 5.74) is 6.66. The summed E-state index contributed by atoms with van der Waals surface area (Å²) in [6.07, 6.45) is -2.25. The van der Waals surface area contributed by atoms with Crippen LogP contribution in [0.15, 0.2) is 48.5 Å². The molecule has 4 aromatic rings. The molecular formula is C38H44Cl2N4O10. The van der Waals surface area contributed by atoms with Crippen molar-refractivity contribution in [2.24, 2.45) is 0 Å². The number of ether oxygens (including phenoxy) is 4. The second-order valence-electron chi connectivity index (χ2n) is 12.5. The number of aliphatic carboxylic acids is 2. The average Bonchev–Trinajstić information content (AvgIpc) is 3.11. The second kappa shape index (κ2) is 19.1. The average molecular weight is 788 g/mol. The van der Waals surface area contributed by atoms with Gasteiger partial charge in [0.15, 0.2) is 0 Å². The van der Waals surface area contributed by atoms with Crippen LogP contribution in [0.25, 0.3) is 11.1 Å². The highest BCUT2D eigenvalue weighted by Crippen LogP contribution is 2.34. The zero-order chi connectivity index (χ0) is 39.7. The van der Waals surface area contributed by atoms with Crippen molar-refractivity contribution >= 4 is 35.1 Å². The molecule has 0 spiro atoms. The van der Waals surface area contributed by atoms with E-state index in [2.05, 4.69) is 20.6 Å². The molecule has 0 aliphatic heterocycles. The fourth-order valence-corrected chi connectivity index (χ4v) is 6.18. The minimum atomic E-state index is -1.19. The molecule has 2 heterocycles. The number of methoxy groups -OCH3 is 2. The van der Waals surface area contributed by atoms with Crippen molar-refractivity contribution in [3.05, 3.63) is 92.0 Å². The van der Waals surface area contributed by atoms with Crippen LogP contribution in [0.4, 0.5) is 0 Å². The van der Waals surface area contributed by atoms with Crippen LogP contribution in [-0.4, -0.2) is 80.8 Å². The number of carboxylic acid groups (broad SMARTS) is 2. The number of hydrogen-bond donors (Lipinski definition) is 6. The SMILES string of the molecule is COc1nc(OCc2cccc(-c3cccc(COc4nc(OC)c(CNC(C(=O)O)C(C)O)cc4Cl)c3C)c2C)c(Cl)cc1CNC(C(=O)O)C(C)O. The van der Waals surface area contributed by atoms with Gasteiger partial charge in [-0.05, 0) is 73.2 Å². The van der Waals surface area contributed by atoms with Crippen LogP contribution < -0.4 is 29.6 Å². The van der Waals surface area contributed by atoms with E-state index in [9.17, 15) is 30.0 Å². The zero-order valence-electron chi connectivity index (χ0n) is 30.6. The van der Waals surface area contributed by atoms with E-state index < -0.39 is 36.2 Å². The van der Waals surface area contributed by atoms with Crippen molar-refractivity contribution in [3.8, 4) is 34.6 Å². The van der Waals surface area contributed by atoms with Gasteiger partial charge < -0.3 is 39.4 Å². The van der Waals surface area contributed by atoms with E-state index in [0.29, 0.717) is 11.1 Å². The lowest BCUT2D eigenvalue weighted by Crippen LogP contribution is -2.44. The lowest BCUT2D eigenvalue weighted by atomic mass is 9.92. The smallest absolute Gasteiger partial charge is 0.323 e. The molecule has 290 valence electrons. The number of carbonyl (C=O) groups is 2. The lowest BCUT2D eigenvalue weighted by molar-refractivity contribution is -0.143. The van der Waals surface area contributed by atoms with E-state index in [1.54, 1.807) is 12.1 Å². The molecule has 4 atom stereocenters. The van der Waals surface area contributed by atoms with Gasteiger partial charge in [0.25, 0.3) is 0 Å². The molecule has 0 saturated carbocycles. The van der Waals surface area contributed by atoms with Crippen molar-refractivity contribution in [2.75, 3.05) is 14.2 Å². The largest absolute Gasteiger partial charge is 0.481 e. The number of halogens is 2. The first-order valence-electron chi connectivity index (χ1n) is 16.8. The zero-order valence-corrected chi connectivity index (χ0v) is 32.2. The molecule has 16 heteroatoms. The van der Waals surface area contributed by atoms with Crippen LogP contribution in [0.5, 0.6) is 23.5 Å². The molecule has 0 aliphatic carbocycles. The van der Waals surface area contributed by atoms with Crippen molar-refractivity contribution in [3.63, 3.8) is 0 Å². The summed E-state index contributed by atoms with van der Waals surface area (Å²) in [6.45, 7) is 7.11. The van der Waals surface area contributed by atoms with Crippen molar-refractivity contribution in [1.29, 1.82) is 0 Å². The van der Waals surface area contributed by atoms with Gasteiger partial charge in [0.1, 0.15) is 35.3 Å². The van der Waals surface area contributed by atoms with E-state index in [-0.39, 0.29) is 59.9 Å². The Labute approximate surface area is 323 Å². The van der Waals surface area contributed by atoms with Gasteiger partial charge in [-0.2, -0.15) is 9.97 Å². The van der Waals surface area contributed by atoms with Gasteiger partial charge in [-0.25, -0.2) is 0 Å². The highest BCUT2D eigenvalue weighted by atomic mass is 35.5. The summed E-state index contributed by atoms with van der Waals surface area (Å²) in [5.74, 6) is -1.72. The Morgan fingerprint density at radius 2 is 1.04 bits per heavy atom. The maximum atomic E-state index is 11.5. The fourth-order valence-electron chi connectivity index (χ4n) is 5.72. The number of hydrogen-bond acceptors (Lipinski definition) is 12. The highest BCUT2D eigenvalue weighted by molar-refractivity contribution is 6.32. The van der Waals surface area contributed by atoms with Gasteiger partial charge in [-0.1, -0.05) is 59.6 Å². The van der Waals surface area contributed by atoms with Crippen LogP contribution in [0.2, 0.25) is 10.0 Å². The van der Waals surface area contributed by atoms with E-state index in [1.807, 2.05) is 50.2 Å². The standard InChI is InChI=1S/C38H44Cl2N4O10/c1-19-23(17-53-35-29(39)13-25(33(43-35)51-5)15-41-31(21(3)45)37(47)48)9-7-11-27(19)28-12-8-10-24(20(28)2)18-54-36-30(40)14-26(34(44-36)52-6)16-42-32(22(4)46)38(49)50/h7-14,21-22,31-32,41-42,45-46H,15-18H2,1-6H3,(H,47,48)(H,49,50). The Balaban J connectivity index is 1.49. The van der Waals surface area contributed by atoms with Crippen LogP contribution in [0, 0.1) is 13.8 Å². The van der Waals surface area contributed by atoms with Gasteiger partial charge in [0, 0.05) is 24.2 Å². The van der Waals surface area contributed by atoms with Crippen molar-refractivity contribution < 1.29 is 49.0 Å². The summed E-state index contributed by atoms with van der Waals surface area (Å²) >= 11 is 13.1. The summed E-state index contributed by atoms with van der Waals surface area (Å²) < 4.78 is 22.9. The van der Waals surface area contributed by atoms with Gasteiger partial charge in [-0.15, -0.1) is 0 Å². The number of nitrogens with zero attached hydrogens (tertiary/aromatic N) is 2. The van der Waals surface area contributed by atoms with E-state index in [1.165, 1.54) is 28.1 Å². The molecule has 2 aromatic carbocycles. The van der Waals surface area contributed by atoms with Crippen LogP contribution in [0.1, 0.15) is 47.2 Å². The molecule has 0 amide bonds. The lowest BCUT2D eigenvalue weighted by Gasteiger charge is -2.19. The molecule has 4 unspecified atom stereocenters. The third-order valence-corrected chi connectivity index (χ3v) is 9.33. The molecule has 0 saturated heterocycles. The van der Waals surface area contributed by atoms with Gasteiger partial charge in [0.05, 0.1) is 26.4 Å². The minimum Gasteiger partial charge on any atom is -0.481 e. The Bertz CT molecular complexity index is 1820. The number of rotatable bonds is 19. The van der Waals surface area contributed by atoms with Gasteiger partial charge in [0.2, 0.25) is 23.5 Å². The Hall–Kier alpha value is -4.70. The predicted molar refractivity (Wildman–Crippen MR) is 202 cm³/mol. The van der Waals surface area contributed by atoms with Crippen LogP contribution >= 0.6 is 23.2 Å². The first-order valence-corrected chi connectivity index (χ1v) is 17.6. The molecule has 6 N–H and O–H groups in total. The number of nitrogens with one attached hydrogen (secondary N) is 2. The molecule has 0 fully saturated rings. The third kappa shape index (κ3) is 10.3. The quantitative estimate of drug-likeness (QED) is 0.0734. The van der Waals surface area contributed by atoms with Crippen molar-refractivity contribution in [1.82, 2.24) is 20.6 Å². The number of aromatic nitrogens is 2. The Morgan fingerprint density at radius 1 is 0.667 bits per heavy atom. The van der Waals surface area contributed by atoms with E-state index >= 15 is 0 Å². The predicted octanol–water partition coefficient (Wildman–Crippen LogP) is 5.09. The fraction of sp³-hybridized carbons (Fsp3) is 0.368. The molecular weight excluding hydrogens is 743 g/mol. The van der Waals surface area contributed by atoms with Gasteiger partial charge >= 0.3 is 11.9 Å². The summed E-state index contributed by atoms with van der Waals surface area (Å²) in [5, 5.41) is 44.3. The second-order valence-corrected chi connectivity index (χ2v) is 13.3. The molecule has 0 bridgehead atoms. The number of aliphatic hydroxyl groups excluding tert-OH is 2. The first-order chi connectivity index (χ1) is 25.7. The Kier molecular flexibility index (Phi) is 14.8. The monoisotopic (exact) mass is 786 g/mol. The molecule has 0 radical (unpaired) electrons. The first kappa shape index (κ1) is 42.0. The Morgan fingerprint density at radius 3 is 1.35 bits per heavy atom. The summed E-state index contributed by atoms with van der Waals surface area (Å²) in [4.78, 5) is 31.8. The maximum Gasteiger partial charge on any atom is 0.323 e. The summed E-state index contributed by atoms with van der Waals surface area (Å²) in [7, 11) is 2.86. The normalized spacial score (nSPS) is 13.4. The molecule has 54 heavy (non-hydrogen) atoms. The maximum absolute atomic E-state index is 11.5. The number of carboxylic acids is 2. The number of benzene rings is 2. The molecule has 14 nitrogen and oxygen atoms in total. The number of aliphatic hydroxyl groups is 2. The van der Waals surface area contributed by atoms with Crippen molar-refractivity contribution in [2.45, 2.75) is 78.3 Å². The summed E-state index contributed by atoms with van der Waals surface area (Å²) in [6, 6.07) is 12.6. The van der Waals surface area contributed by atoms with Crippen LogP contribution in [0.3, 0.4) is 0 Å². The van der Waals surface area contributed by atoms with Gasteiger partial charge in [-0.3, -0.25) is 20.2 Å². The third-order valence-electron chi connectivity index (χ3n) is 8.79. The van der Waals surface area contributed by atoms with E-state index in [4.69, 9.17) is 42.1 Å². The van der Waals surface area contributed by atoms with Crippen LogP contribution in [-0.2, 0) is 35.9 Å². The highest BCUT2D eigenvalue weighted by Gasteiger charge is 2.25. The number of pyridine rings is 2. The molecule has 4 rings (SSSR count). The molecule has 2 aromatic heterocycles.